The molecule has 2 heterocycles. The highest BCUT2D eigenvalue weighted by molar-refractivity contribution is 7.09. The Morgan fingerprint density at radius 3 is 2.33 bits per heavy atom. The van der Waals surface area contributed by atoms with Gasteiger partial charge >= 0.3 is 12.1 Å². The van der Waals surface area contributed by atoms with E-state index in [1.165, 1.54) is 0 Å². The molecule has 1 aliphatic rings. The Balaban J connectivity index is 1.81. The van der Waals surface area contributed by atoms with Gasteiger partial charge < -0.3 is 36.8 Å². The summed E-state index contributed by atoms with van der Waals surface area (Å²) in [5, 5.41) is 17.4. The molecule has 0 unspecified atom stereocenters. The highest BCUT2D eigenvalue weighted by atomic mass is 32.1. The SMILES string of the molecule is CC[C@H](C)[C@H](NC(=O)[C@H]1CCCCN1C)C(=O)N(C)[C@H](C[C@@H](OC(N)=O)c1nc(C(=O)N[C@@H](Cc2ccc(N)cc2)C[C@H](C)C(=O)O)cs1)C(C)C. The Morgan fingerprint density at radius 2 is 1.75 bits per heavy atom. The molecule has 288 valence electrons. The molecule has 1 fully saturated rings. The Labute approximate surface area is 311 Å². The molecule has 15 heteroatoms. The lowest BCUT2D eigenvalue weighted by atomic mass is 9.92. The third-order valence-electron chi connectivity index (χ3n) is 10.1. The lowest BCUT2D eigenvalue weighted by molar-refractivity contribution is -0.141. The van der Waals surface area contributed by atoms with Crippen LogP contribution in [0.3, 0.4) is 0 Å². The molecule has 1 aliphatic heterocycles. The molecule has 4 amide bonds. The molecule has 0 saturated carbocycles. The van der Waals surface area contributed by atoms with Gasteiger partial charge in [0, 0.05) is 36.6 Å². The van der Waals surface area contributed by atoms with Gasteiger partial charge in [0.2, 0.25) is 11.8 Å². The molecule has 14 nitrogen and oxygen atoms in total. The number of hydrogen-bond acceptors (Lipinski definition) is 10. The van der Waals surface area contributed by atoms with Crippen LogP contribution in [0.1, 0.15) is 100 Å². The average molecular weight is 744 g/mol. The maximum absolute atomic E-state index is 14.1. The number of thiazole rings is 1. The molecule has 0 bridgehead atoms. The number of piperidine rings is 1. The summed E-state index contributed by atoms with van der Waals surface area (Å²) in [6.07, 6.45) is 2.08. The van der Waals surface area contributed by atoms with Crippen LogP contribution in [-0.4, -0.2) is 94.5 Å². The fourth-order valence-corrected chi connectivity index (χ4v) is 7.46. The van der Waals surface area contributed by atoms with E-state index < -0.39 is 48.1 Å². The number of nitrogen functional groups attached to an aromatic ring is 1. The first-order valence-electron chi connectivity index (χ1n) is 18.1. The van der Waals surface area contributed by atoms with Gasteiger partial charge in [-0.15, -0.1) is 11.3 Å². The number of amides is 4. The molecular weight excluding hydrogens is 687 g/mol. The van der Waals surface area contributed by atoms with E-state index in [0.29, 0.717) is 23.5 Å². The monoisotopic (exact) mass is 743 g/mol. The summed E-state index contributed by atoms with van der Waals surface area (Å²) in [5.41, 5.74) is 12.8. The number of rotatable bonds is 18. The number of carboxylic acid groups (broad SMARTS) is 1. The van der Waals surface area contributed by atoms with Crippen molar-refractivity contribution in [2.45, 2.75) is 110 Å². The third-order valence-corrected chi connectivity index (χ3v) is 11.0. The second-order valence-electron chi connectivity index (χ2n) is 14.4. The summed E-state index contributed by atoms with van der Waals surface area (Å²) >= 11 is 1.11. The van der Waals surface area contributed by atoms with Crippen LogP contribution < -0.4 is 22.1 Å². The first-order valence-corrected chi connectivity index (χ1v) is 19.0. The minimum atomic E-state index is -1.03. The second kappa shape index (κ2) is 19.6. The molecule has 0 spiro atoms. The predicted molar refractivity (Wildman–Crippen MR) is 200 cm³/mol. The number of primary amides is 1. The Kier molecular flexibility index (Phi) is 15.9. The number of hydrogen-bond donors (Lipinski definition) is 5. The zero-order valence-electron chi connectivity index (χ0n) is 31.5. The fourth-order valence-electron chi connectivity index (χ4n) is 6.62. The molecule has 0 radical (unpaired) electrons. The minimum absolute atomic E-state index is 0.0705. The topological polar surface area (TPSA) is 210 Å². The maximum atomic E-state index is 14.1. The molecule has 0 aliphatic carbocycles. The van der Waals surface area contributed by atoms with Gasteiger partial charge in [0.1, 0.15) is 16.7 Å². The van der Waals surface area contributed by atoms with Crippen molar-refractivity contribution in [3.05, 3.63) is 45.9 Å². The molecule has 1 aromatic heterocycles. The van der Waals surface area contributed by atoms with Crippen LogP contribution in [0.25, 0.3) is 0 Å². The fraction of sp³-hybridized carbons (Fsp3) is 0.622. The zero-order valence-corrected chi connectivity index (χ0v) is 32.3. The van der Waals surface area contributed by atoms with Crippen molar-refractivity contribution < 1.29 is 33.8 Å². The van der Waals surface area contributed by atoms with Crippen LogP contribution in [0.5, 0.6) is 0 Å². The lowest BCUT2D eigenvalue weighted by Gasteiger charge is -2.38. The van der Waals surface area contributed by atoms with Gasteiger partial charge in [-0.05, 0) is 68.8 Å². The highest BCUT2D eigenvalue weighted by Crippen LogP contribution is 2.31. The van der Waals surface area contributed by atoms with Crippen LogP contribution in [0.15, 0.2) is 29.6 Å². The van der Waals surface area contributed by atoms with Crippen molar-refractivity contribution in [2.75, 3.05) is 26.4 Å². The van der Waals surface area contributed by atoms with E-state index in [-0.39, 0.29) is 48.2 Å². The average Bonchev–Trinajstić information content (AvgIpc) is 3.59. The Bertz CT molecular complexity index is 1520. The van der Waals surface area contributed by atoms with Crippen molar-refractivity contribution >= 4 is 46.8 Å². The zero-order chi connectivity index (χ0) is 38.7. The number of nitrogens with one attached hydrogen (secondary N) is 2. The van der Waals surface area contributed by atoms with E-state index in [9.17, 15) is 29.1 Å². The van der Waals surface area contributed by atoms with Crippen LogP contribution in [0.4, 0.5) is 10.5 Å². The number of aromatic nitrogens is 1. The second-order valence-corrected chi connectivity index (χ2v) is 15.3. The smallest absolute Gasteiger partial charge is 0.405 e. The lowest BCUT2D eigenvalue weighted by Crippen LogP contribution is -2.58. The van der Waals surface area contributed by atoms with Crippen LogP contribution in [0.2, 0.25) is 0 Å². The molecule has 1 saturated heterocycles. The molecule has 7 atom stereocenters. The summed E-state index contributed by atoms with van der Waals surface area (Å²) in [6.45, 7) is 10.2. The molecular formula is C37H57N7O7S. The molecule has 52 heavy (non-hydrogen) atoms. The summed E-state index contributed by atoms with van der Waals surface area (Å²) in [5.74, 6) is -2.85. The van der Waals surface area contributed by atoms with Gasteiger partial charge in [0.05, 0.1) is 12.0 Å². The number of likely N-dealkylation sites (N-methyl/N-ethyl adjacent to an activating group) is 2. The number of aliphatic carboxylic acids is 1. The van der Waals surface area contributed by atoms with E-state index in [1.807, 2.05) is 51.8 Å². The van der Waals surface area contributed by atoms with Gasteiger partial charge in [0.25, 0.3) is 5.91 Å². The summed E-state index contributed by atoms with van der Waals surface area (Å²) in [7, 11) is 3.61. The number of carbonyl (C=O) groups excluding carboxylic acids is 4. The van der Waals surface area contributed by atoms with Gasteiger partial charge in [0.15, 0.2) is 6.10 Å². The van der Waals surface area contributed by atoms with E-state index in [2.05, 4.69) is 15.6 Å². The molecule has 7 N–H and O–H groups in total. The maximum Gasteiger partial charge on any atom is 0.405 e. The van der Waals surface area contributed by atoms with Crippen LogP contribution >= 0.6 is 11.3 Å². The van der Waals surface area contributed by atoms with E-state index in [4.69, 9.17) is 16.2 Å². The van der Waals surface area contributed by atoms with Crippen molar-refractivity contribution in [3.63, 3.8) is 0 Å². The quantitative estimate of drug-likeness (QED) is 0.137. The third kappa shape index (κ3) is 11.9. The van der Waals surface area contributed by atoms with E-state index in [0.717, 1.165) is 42.7 Å². The molecule has 2 aromatic rings. The summed E-state index contributed by atoms with van der Waals surface area (Å²) < 4.78 is 5.54. The largest absolute Gasteiger partial charge is 0.481 e. The van der Waals surface area contributed by atoms with Crippen molar-refractivity contribution in [1.82, 2.24) is 25.4 Å². The van der Waals surface area contributed by atoms with E-state index >= 15 is 0 Å². The number of anilines is 1. The van der Waals surface area contributed by atoms with Crippen molar-refractivity contribution in [2.24, 2.45) is 23.5 Å². The van der Waals surface area contributed by atoms with Crippen LogP contribution in [0, 0.1) is 17.8 Å². The van der Waals surface area contributed by atoms with Crippen molar-refractivity contribution in [1.29, 1.82) is 0 Å². The number of benzene rings is 1. The number of likely N-dealkylation sites (tertiary alicyclic amines) is 1. The minimum Gasteiger partial charge on any atom is -0.481 e. The number of carbonyl (C=O) groups is 5. The van der Waals surface area contributed by atoms with Gasteiger partial charge in [-0.1, -0.05) is 59.6 Å². The first kappa shape index (κ1) is 42.2. The van der Waals surface area contributed by atoms with Crippen molar-refractivity contribution in [3.8, 4) is 0 Å². The standard InChI is InChI=1S/C37H57N7O7S/c1-8-22(4)31(42-33(46)28-11-9-10-16-43(28)6)35(47)44(7)29(21(2)3)19-30(51-37(39)50)34-41-27(20-52-34)32(45)40-26(17-23(5)36(48)49)18-24-12-14-25(38)15-13-24/h12-15,20-23,26,28-31H,8-11,16-19,38H2,1-7H3,(H2,39,50)(H,40,45)(H,42,46)(H,48,49)/t22-,23-,26+,28+,29+,30+,31-/m0/s1. The Hall–Kier alpha value is -4.24. The van der Waals surface area contributed by atoms with E-state index in [1.54, 1.807) is 36.4 Å². The first-order chi connectivity index (χ1) is 24.5. The summed E-state index contributed by atoms with van der Waals surface area (Å²) in [6, 6.07) is 5.11. The number of nitrogens with zero attached hydrogens (tertiary/aromatic N) is 3. The van der Waals surface area contributed by atoms with Gasteiger partial charge in [-0.2, -0.15) is 0 Å². The number of carboxylic acids is 1. The molecule has 1 aromatic carbocycles. The number of ether oxygens (including phenoxy) is 1. The highest BCUT2D eigenvalue weighted by Gasteiger charge is 2.37. The normalized spacial score (nSPS) is 18.3. The van der Waals surface area contributed by atoms with Gasteiger partial charge in [-0.3, -0.25) is 24.1 Å². The number of nitrogens with two attached hydrogens (primary N) is 2. The van der Waals surface area contributed by atoms with Gasteiger partial charge in [-0.25, -0.2) is 9.78 Å². The molecule has 3 rings (SSSR count). The predicted octanol–water partition coefficient (Wildman–Crippen LogP) is 4.20. The Morgan fingerprint density at radius 1 is 1.08 bits per heavy atom. The summed E-state index contributed by atoms with van der Waals surface area (Å²) in [4.78, 5) is 72.9. The van der Waals surface area contributed by atoms with Crippen LogP contribution in [-0.2, 0) is 25.5 Å².